The van der Waals surface area contributed by atoms with Gasteiger partial charge < -0.3 is 22.5 Å². The van der Waals surface area contributed by atoms with Gasteiger partial charge >= 0.3 is 0 Å². The maximum atomic E-state index is 11.8. The van der Waals surface area contributed by atoms with Crippen molar-refractivity contribution in [3.63, 3.8) is 0 Å². The molecule has 0 saturated carbocycles. The average molecular weight is 297 g/mol. The zero-order valence-electron chi connectivity index (χ0n) is 11.1. The van der Waals surface area contributed by atoms with E-state index in [4.69, 9.17) is 28.8 Å². The fourth-order valence-corrected chi connectivity index (χ4v) is 1.52. The third-order valence-corrected chi connectivity index (χ3v) is 2.54. The van der Waals surface area contributed by atoms with Crippen LogP contribution in [-0.2, 0) is 0 Å². The minimum Gasteiger partial charge on any atom is -0.370 e. The van der Waals surface area contributed by atoms with Crippen molar-refractivity contribution in [2.24, 2.45) is 27.2 Å². The number of nitrogens with two attached hydrogens (primary N) is 3. The fourth-order valence-electron chi connectivity index (χ4n) is 1.36. The van der Waals surface area contributed by atoms with Crippen molar-refractivity contribution < 1.29 is 4.79 Å². The highest BCUT2D eigenvalue weighted by atomic mass is 35.5. The quantitative estimate of drug-likeness (QED) is 0.481. The second-order valence-electron chi connectivity index (χ2n) is 3.93. The molecule has 1 aromatic rings. The lowest BCUT2D eigenvalue weighted by Crippen LogP contribution is -2.26. The van der Waals surface area contributed by atoms with E-state index in [0.29, 0.717) is 22.8 Å². The van der Waals surface area contributed by atoms with E-state index in [1.54, 1.807) is 12.1 Å². The summed E-state index contributed by atoms with van der Waals surface area (Å²) in [5, 5.41) is 3.09. The zero-order chi connectivity index (χ0) is 15.1. The smallest absolute Gasteiger partial charge is 0.251 e. The zero-order valence-corrected chi connectivity index (χ0v) is 11.8. The third-order valence-electron chi connectivity index (χ3n) is 2.22. The van der Waals surface area contributed by atoms with E-state index in [9.17, 15) is 4.79 Å². The second-order valence-corrected chi connectivity index (χ2v) is 4.34. The maximum absolute atomic E-state index is 11.8. The van der Waals surface area contributed by atoms with Gasteiger partial charge in [-0.05, 0) is 24.6 Å². The maximum Gasteiger partial charge on any atom is 0.251 e. The van der Waals surface area contributed by atoms with Crippen LogP contribution in [-0.4, -0.2) is 24.4 Å². The second kappa shape index (κ2) is 7.34. The highest BCUT2D eigenvalue weighted by molar-refractivity contribution is 6.33. The van der Waals surface area contributed by atoms with Gasteiger partial charge in [-0.15, -0.1) is 0 Å². The summed E-state index contributed by atoms with van der Waals surface area (Å²) in [7, 11) is 0. The van der Waals surface area contributed by atoms with Crippen LogP contribution in [0.2, 0.25) is 5.02 Å². The van der Waals surface area contributed by atoms with Gasteiger partial charge in [-0.2, -0.15) is 4.99 Å². The highest BCUT2D eigenvalue weighted by Gasteiger charge is 2.08. The molecule has 0 aromatic heterocycles. The van der Waals surface area contributed by atoms with Gasteiger partial charge in [0.1, 0.15) is 0 Å². The number of guanidine groups is 2. The molecule has 0 aliphatic heterocycles. The predicted octanol–water partition coefficient (Wildman–Crippen LogP) is 0.699. The van der Waals surface area contributed by atoms with Gasteiger partial charge in [-0.3, -0.25) is 4.79 Å². The molecule has 1 amide bonds. The molecule has 0 unspecified atom stereocenters. The Bertz CT molecular complexity index is 551. The third kappa shape index (κ3) is 4.77. The molecule has 7 nitrogen and oxygen atoms in total. The Morgan fingerprint density at radius 1 is 1.35 bits per heavy atom. The Kier molecular flexibility index (Phi) is 5.79. The van der Waals surface area contributed by atoms with E-state index < -0.39 is 0 Å². The van der Waals surface area contributed by atoms with Gasteiger partial charge in [0, 0.05) is 12.1 Å². The Hall–Kier alpha value is -2.28. The van der Waals surface area contributed by atoms with E-state index in [1.165, 1.54) is 6.07 Å². The van der Waals surface area contributed by atoms with Gasteiger partial charge in [0.2, 0.25) is 5.96 Å². The van der Waals surface area contributed by atoms with Crippen molar-refractivity contribution in [3.05, 3.63) is 28.8 Å². The van der Waals surface area contributed by atoms with Crippen LogP contribution in [0.4, 0.5) is 5.69 Å². The minimum atomic E-state index is -0.209. The van der Waals surface area contributed by atoms with Crippen LogP contribution in [0.25, 0.3) is 0 Å². The van der Waals surface area contributed by atoms with E-state index in [1.807, 2.05) is 6.92 Å². The highest BCUT2D eigenvalue weighted by Crippen LogP contribution is 2.26. The lowest BCUT2D eigenvalue weighted by molar-refractivity contribution is 0.0953. The summed E-state index contributed by atoms with van der Waals surface area (Å²) >= 11 is 5.98. The molecule has 108 valence electrons. The van der Waals surface area contributed by atoms with Crippen molar-refractivity contribution >= 4 is 35.1 Å². The Morgan fingerprint density at radius 3 is 2.65 bits per heavy atom. The normalized spacial score (nSPS) is 11.0. The molecule has 1 aromatic carbocycles. The van der Waals surface area contributed by atoms with Crippen LogP contribution >= 0.6 is 11.6 Å². The number of carbonyl (C=O) groups excluding carboxylic acids is 1. The first-order chi connectivity index (χ1) is 9.43. The summed E-state index contributed by atoms with van der Waals surface area (Å²) in [6.45, 7) is 2.56. The van der Waals surface area contributed by atoms with E-state index in [2.05, 4.69) is 15.3 Å². The molecule has 0 aliphatic rings. The fraction of sp³-hybridized carbons (Fsp3) is 0.250. The molecule has 0 saturated heterocycles. The van der Waals surface area contributed by atoms with Gasteiger partial charge in [-0.25, -0.2) is 4.99 Å². The molecule has 0 fully saturated rings. The van der Waals surface area contributed by atoms with Crippen molar-refractivity contribution in [2.75, 3.05) is 6.54 Å². The van der Waals surface area contributed by atoms with Crippen molar-refractivity contribution in [1.82, 2.24) is 5.32 Å². The number of halogens is 1. The summed E-state index contributed by atoms with van der Waals surface area (Å²) < 4.78 is 0. The number of hydrogen-bond acceptors (Lipinski definition) is 2. The molecule has 8 heteroatoms. The molecule has 0 heterocycles. The summed E-state index contributed by atoms with van der Waals surface area (Å²) in [5.74, 6) is -0.558. The molecule has 7 N–H and O–H groups in total. The molecule has 0 aliphatic carbocycles. The summed E-state index contributed by atoms with van der Waals surface area (Å²) in [5.41, 5.74) is 16.6. The molecule has 0 spiro atoms. The Balaban J connectivity index is 3.03. The first-order valence-electron chi connectivity index (χ1n) is 5.95. The number of hydrogen-bond donors (Lipinski definition) is 4. The number of carbonyl (C=O) groups is 1. The first kappa shape index (κ1) is 15.8. The van der Waals surface area contributed by atoms with Crippen LogP contribution < -0.4 is 22.5 Å². The molecule has 0 radical (unpaired) electrons. The topological polar surface area (TPSA) is 132 Å². The van der Waals surface area contributed by atoms with E-state index >= 15 is 0 Å². The summed E-state index contributed by atoms with van der Waals surface area (Å²) in [4.78, 5) is 19.4. The molecular weight excluding hydrogens is 280 g/mol. The number of amides is 1. The number of aliphatic imine (C=N–C) groups is 2. The van der Waals surface area contributed by atoms with Crippen molar-refractivity contribution in [3.8, 4) is 0 Å². The van der Waals surface area contributed by atoms with Crippen LogP contribution in [0.1, 0.15) is 23.7 Å². The molecular formula is C12H17ClN6O. The number of benzene rings is 1. The number of rotatable bonds is 4. The molecule has 0 bridgehead atoms. The molecule has 1 rings (SSSR count). The Labute approximate surface area is 121 Å². The first-order valence-corrected chi connectivity index (χ1v) is 6.33. The van der Waals surface area contributed by atoms with E-state index in [0.717, 1.165) is 6.42 Å². The standard InChI is InChI=1S/C12H17ClN6O/c1-2-5-17-10(20)7-3-4-8(13)9(6-7)18-12(16)19-11(14)15/h3-4,6H,2,5H2,1H3,(H,17,20)(H6,14,15,16,18,19). The lowest BCUT2D eigenvalue weighted by atomic mass is 10.2. The predicted molar refractivity (Wildman–Crippen MR) is 81.2 cm³/mol. The van der Waals surface area contributed by atoms with Gasteiger partial charge in [-0.1, -0.05) is 18.5 Å². The summed E-state index contributed by atoms with van der Waals surface area (Å²) in [6, 6.07) is 4.68. The van der Waals surface area contributed by atoms with Crippen LogP contribution in [0.5, 0.6) is 0 Å². The number of nitrogens with one attached hydrogen (secondary N) is 1. The summed E-state index contributed by atoms with van der Waals surface area (Å²) in [6.07, 6.45) is 0.849. The SMILES string of the molecule is CCCNC(=O)c1ccc(Cl)c(N=C(N)N=C(N)N)c1. The van der Waals surface area contributed by atoms with Crippen LogP contribution in [0, 0.1) is 0 Å². The van der Waals surface area contributed by atoms with Crippen LogP contribution in [0.15, 0.2) is 28.2 Å². The Morgan fingerprint density at radius 2 is 2.05 bits per heavy atom. The molecule has 0 atom stereocenters. The van der Waals surface area contributed by atoms with Crippen molar-refractivity contribution in [1.29, 1.82) is 0 Å². The van der Waals surface area contributed by atoms with Gasteiger partial charge in [0.15, 0.2) is 5.96 Å². The van der Waals surface area contributed by atoms with Gasteiger partial charge in [0.05, 0.1) is 10.7 Å². The van der Waals surface area contributed by atoms with Crippen LogP contribution in [0.3, 0.4) is 0 Å². The largest absolute Gasteiger partial charge is 0.370 e. The van der Waals surface area contributed by atoms with Crippen molar-refractivity contribution in [2.45, 2.75) is 13.3 Å². The molecule has 20 heavy (non-hydrogen) atoms. The lowest BCUT2D eigenvalue weighted by Gasteiger charge is -2.05. The van der Waals surface area contributed by atoms with Gasteiger partial charge in [0.25, 0.3) is 5.91 Å². The average Bonchev–Trinajstić information content (AvgIpc) is 2.37. The number of nitrogens with zero attached hydrogens (tertiary/aromatic N) is 2. The van der Waals surface area contributed by atoms with E-state index in [-0.39, 0.29) is 17.8 Å². The minimum absolute atomic E-state index is 0.141. The monoisotopic (exact) mass is 296 g/mol.